The van der Waals surface area contributed by atoms with Crippen LogP contribution in [0.4, 0.5) is 13.2 Å². The fraction of sp³-hybridized carbons (Fsp3) is 0.350. The van der Waals surface area contributed by atoms with Crippen LogP contribution >= 0.6 is 0 Å². The average Bonchev–Trinajstić information content (AvgIpc) is 2.72. The highest BCUT2D eigenvalue weighted by atomic mass is 32.2. The number of halogens is 3. The molecule has 1 amide bonds. The minimum Gasteiger partial charge on any atom is -0.345 e. The quantitative estimate of drug-likeness (QED) is 0.621. The maximum absolute atomic E-state index is 13.0. The van der Waals surface area contributed by atoms with Gasteiger partial charge in [0.1, 0.15) is 0 Å². The summed E-state index contributed by atoms with van der Waals surface area (Å²) in [4.78, 5) is 17.2. The second kappa shape index (κ2) is 9.59. The second-order valence-corrected chi connectivity index (χ2v) is 8.50. The van der Waals surface area contributed by atoms with E-state index in [1.54, 1.807) is 0 Å². The van der Waals surface area contributed by atoms with Gasteiger partial charge in [0.15, 0.2) is 0 Å². The number of benzene rings is 2. The SMILES string of the molecule is CCCC(NC(=O)c1ccc(S(=O)(=O)N(C)OC)cc1)c1cccc(C(F)(F)F)c1. The molecule has 0 heterocycles. The van der Waals surface area contributed by atoms with Crippen LogP contribution in [0.5, 0.6) is 0 Å². The number of hydrogen-bond donors (Lipinski definition) is 1. The van der Waals surface area contributed by atoms with Gasteiger partial charge in [-0.3, -0.25) is 9.63 Å². The van der Waals surface area contributed by atoms with Gasteiger partial charge in [0.05, 0.1) is 23.6 Å². The molecule has 0 spiro atoms. The van der Waals surface area contributed by atoms with Gasteiger partial charge in [-0.05, 0) is 48.4 Å². The van der Waals surface area contributed by atoms with Crippen molar-refractivity contribution in [1.29, 1.82) is 0 Å². The molecule has 164 valence electrons. The van der Waals surface area contributed by atoms with Gasteiger partial charge in [0.25, 0.3) is 15.9 Å². The standard InChI is InChI=1S/C20H23F3N2O4S/c1-4-6-18(15-7-5-8-16(13-15)20(21,22)23)24-19(26)14-9-11-17(12-10-14)30(27,28)25(2)29-3/h5,7-13,18H,4,6H2,1-3H3,(H,24,26). The molecule has 0 aliphatic heterocycles. The van der Waals surface area contributed by atoms with Gasteiger partial charge in [-0.25, -0.2) is 8.42 Å². The van der Waals surface area contributed by atoms with E-state index in [0.717, 1.165) is 12.1 Å². The van der Waals surface area contributed by atoms with E-state index in [4.69, 9.17) is 4.84 Å². The summed E-state index contributed by atoms with van der Waals surface area (Å²) in [5, 5.41) is 2.73. The summed E-state index contributed by atoms with van der Waals surface area (Å²) in [5.41, 5.74) is -0.254. The minimum atomic E-state index is -4.48. The highest BCUT2D eigenvalue weighted by molar-refractivity contribution is 7.89. The lowest BCUT2D eigenvalue weighted by molar-refractivity contribution is -0.137. The van der Waals surface area contributed by atoms with Gasteiger partial charge >= 0.3 is 6.18 Å². The first-order valence-corrected chi connectivity index (χ1v) is 10.6. The third-order valence-electron chi connectivity index (χ3n) is 4.51. The number of rotatable bonds is 8. The van der Waals surface area contributed by atoms with Crippen LogP contribution in [0.15, 0.2) is 53.4 Å². The zero-order chi connectivity index (χ0) is 22.5. The number of carbonyl (C=O) groups excluding carboxylic acids is 1. The van der Waals surface area contributed by atoms with E-state index in [2.05, 4.69) is 5.32 Å². The molecule has 0 fully saturated rings. The Labute approximate surface area is 173 Å². The summed E-state index contributed by atoms with van der Waals surface area (Å²) in [6, 6.07) is 9.42. The molecule has 0 radical (unpaired) electrons. The summed E-state index contributed by atoms with van der Waals surface area (Å²) in [5.74, 6) is -0.519. The Morgan fingerprint density at radius 2 is 1.80 bits per heavy atom. The molecular formula is C20H23F3N2O4S. The molecule has 1 N–H and O–H groups in total. The van der Waals surface area contributed by atoms with Crippen molar-refractivity contribution in [3.8, 4) is 0 Å². The van der Waals surface area contributed by atoms with Crippen molar-refractivity contribution >= 4 is 15.9 Å². The Hall–Kier alpha value is -2.43. The number of sulfonamides is 1. The molecule has 2 rings (SSSR count). The maximum Gasteiger partial charge on any atom is 0.416 e. The summed E-state index contributed by atoms with van der Waals surface area (Å²) in [7, 11) is -1.41. The summed E-state index contributed by atoms with van der Waals surface area (Å²) >= 11 is 0. The maximum atomic E-state index is 13.0. The molecule has 0 aliphatic carbocycles. The monoisotopic (exact) mass is 444 g/mol. The zero-order valence-electron chi connectivity index (χ0n) is 16.7. The van der Waals surface area contributed by atoms with Crippen molar-refractivity contribution in [3.05, 3.63) is 65.2 Å². The fourth-order valence-corrected chi connectivity index (χ4v) is 3.78. The first kappa shape index (κ1) is 23.8. The minimum absolute atomic E-state index is 0.0635. The third kappa shape index (κ3) is 5.59. The van der Waals surface area contributed by atoms with E-state index in [0.29, 0.717) is 22.9 Å². The number of hydrogen-bond acceptors (Lipinski definition) is 4. The van der Waals surface area contributed by atoms with Gasteiger partial charge in [0, 0.05) is 12.6 Å². The Morgan fingerprint density at radius 3 is 2.33 bits per heavy atom. The molecule has 30 heavy (non-hydrogen) atoms. The Bertz CT molecular complexity index is 976. The second-order valence-electron chi connectivity index (χ2n) is 6.56. The first-order chi connectivity index (χ1) is 14.0. The topological polar surface area (TPSA) is 75.7 Å². The summed E-state index contributed by atoms with van der Waals surface area (Å²) < 4.78 is 64.2. The molecular weight excluding hydrogens is 421 g/mol. The lowest BCUT2D eigenvalue weighted by Gasteiger charge is -2.20. The molecule has 1 atom stereocenters. The van der Waals surface area contributed by atoms with Crippen LogP contribution in [0.3, 0.4) is 0 Å². The average molecular weight is 444 g/mol. The van der Waals surface area contributed by atoms with Crippen LogP contribution in [0.25, 0.3) is 0 Å². The van der Waals surface area contributed by atoms with E-state index in [1.807, 2.05) is 6.92 Å². The van der Waals surface area contributed by atoms with Gasteiger partial charge in [-0.15, -0.1) is 0 Å². The van der Waals surface area contributed by atoms with Gasteiger partial charge < -0.3 is 5.32 Å². The summed E-state index contributed by atoms with van der Waals surface area (Å²) in [6.45, 7) is 1.86. The van der Waals surface area contributed by atoms with Crippen LogP contribution in [-0.2, 0) is 21.0 Å². The number of amides is 1. The molecule has 2 aromatic rings. The van der Waals surface area contributed by atoms with Gasteiger partial charge in [0.2, 0.25) is 0 Å². The highest BCUT2D eigenvalue weighted by Crippen LogP contribution is 2.31. The molecule has 0 saturated carbocycles. The molecule has 0 saturated heterocycles. The molecule has 0 aliphatic rings. The van der Waals surface area contributed by atoms with Crippen molar-refractivity contribution in [2.75, 3.05) is 14.2 Å². The number of carbonyl (C=O) groups is 1. The Morgan fingerprint density at radius 1 is 1.17 bits per heavy atom. The van der Waals surface area contributed by atoms with Crippen LogP contribution < -0.4 is 5.32 Å². The smallest absolute Gasteiger partial charge is 0.345 e. The van der Waals surface area contributed by atoms with Crippen molar-refractivity contribution in [1.82, 2.24) is 9.79 Å². The number of nitrogens with one attached hydrogen (secondary N) is 1. The lowest BCUT2D eigenvalue weighted by Crippen LogP contribution is -2.29. The van der Waals surface area contributed by atoms with E-state index in [9.17, 15) is 26.4 Å². The lowest BCUT2D eigenvalue weighted by atomic mass is 9.99. The predicted molar refractivity (Wildman–Crippen MR) is 105 cm³/mol. The van der Waals surface area contributed by atoms with E-state index < -0.39 is 33.7 Å². The molecule has 0 bridgehead atoms. The van der Waals surface area contributed by atoms with Crippen molar-refractivity contribution in [3.63, 3.8) is 0 Å². The van der Waals surface area contributed by atoms with Gasteiger partial charge in [-0.2, -0.15) is 13.2 Å². The molecule has 1 unspecified atom stereocenters. The molecule has 0 aromatic heterocycles. The predicted octanol–water partition coefficient (Wildman–Crippen LogP) is 4.16. The molecule has 2 aromatic carbocycles. The van der Waals surface area contributed by atoms with E-state index in [1.165, 1.54) is 50.6 Å². The fourth-order valence-electron chi connectivity index (χ4n) is 2.81. The Kier molecular flexibility index (Phi) is 7.62. The highest BCUT2D eigenvalue weighted by Gasteiger charge is 2.31. The third-order valence-corrected chi connectivity index (χ3v) is 6.20. The number of nitrogens with zero attached hydrogens (tertiary/aromatic N) is 1. The van der Waals surface area contributed by atoms with Gasteiger partial charge in [-0.1, -0.05) is 29.9 Å². The molecule has 10 heteroatoms. The van der Waals surface area contributed by atoms with Crippen LogP contribution in [0.1, 0.15) is 47.3 Å². The number of hydroxylamine groups is 1. The molecule has 6 nitrogen and oxygen atoms in total. The van der Waals surface area contributed by atoms with Crippen molar-refractivity contribution in [2.45, 2.75) is 36.9 Å². The largest absolute Gasteiger partial charge is 0.416 e. The van der Waals surface area contributed by atoms with E-state index in [-0.39, 0.29) is 10.5 Å². The number of alkyl halides is 3. The normalized spacial score (nSPS) is 13.3. The van der Waals surface area contributed by atoms with Crippen LogP contribution in [0, 0.1) is 0 Å². The Balaban J connectivity index is 2.24. The van der Waals surface area contributed by atoms with Crippen molar-refractivity contribution < 1.29 is 31.2 Å². The van der Waals surface area contributed by atoms with Crippen molar-refractivity contribution in [2.24, 2.45) is 0 Å². The van der Waals surface area contributed by atoms with E-state index >= 15 is 0 Å². The van der Waals surface area contributed by atoms with Crippen LogP contribution in [0.2, 0.25) is 0 Å². The summed E-state index contributed by atoms with van der Waals surface area (Å²) in [6.07, 6.45) is -3.40. The first-order valence-electron chi connectivity index (χ1n) is 9.11. The zero-order valence-corrected chi connectivity index (χ0v) is 17.5. The van der Waals surface area contributed by atoms with Crippen LogP contribution in [-0.4, -0.2) is 33.0 Å².